The lowest BCUT2D eigenvalue weighted by Crippen LogP contribution is -2.25. The van der Waals surface area contributed by atoms with Crippen LogP contribution in [0, 0.1) is 11.3 Å². The molecule has 5 heteroatoms. The molecule has 0 heterocycles. The Hall–Kier alpha value is -2.48. The number of hydrogen-bond donors (Lipinski definition) is 2. The topological polar surface area (TPSA) is 74.2 Å². The number of nitriles is 1. The predicted octanol–water partition coefficient (Wildman–Crippen LogP) is 2.04. The van der Waals surface area contributed by atoms with E-state index in [0.717, 1.165) is 12.1 Å². The second kappa shape index (κ2) is 7.77. The molecule has 0 saturated heterocycles. The Morgan fingerprint density at radius 3 is 2.95 bits per heavy atom. The second-order valence-electron chi connectivity index (χ2n) is 3.80. The number of benzene rings is 1. The van der Waals surface area contributed by atoms with Crippen molar-refractivity contribution in [2.75, 3.05) is 19.0 Å². The summed E-state index contributed by atoms with van der Waals surface area (Å²) in [4.78, 5) is 11.6. The number of nitrogens with zero attached hydrogens (tertiary/aromatic N) is 1. The van der Waals surface area contributed by atoms with Crippen molar-refractivity contribution in [3.8, 4) is 11.8 Å². The standard InChI is InChI=1S/C14H17N3O2/c1-3-7-16-14(18)11(9-15)10-17-12-5-4-6-13(8-12)19-2/h4-6,8,10,17H,3,7H2,1-2H3,(H,16,18)/b11-10-. The van der Waals surface area contributed by atoms with Crippen LogP contribution < -0.4 is 15.4 Å². The van der Waals surface area contributed by atoms with Crippen molar-refractivity contribution in [3.63, 3.8) is 0 Å². The van der Waals surface area contributed by atoms with E-state index in [1.165, 1.54) is 6.20 Å². The van der Waals surface area contributed by atoms with Crippen LogP contribution in [0.1, 0.15) is 13.3 Å². The first-order valence-corrected chi connectivity index (χ1v) is 6.00. The van der Waals surface area contributed by atoms with Crippen molar-refractivity contribution >= 4 is 11.6 Å². The van der Waals surface area contributed by atoms with Crippen LogP contribution in [0.5, 0.6) is 5.75 Å². The smallest absolute Gasteiger partial charge is 0.263 e. The summed E-state index contributed by atoms with van der Waals surface area (Å²) in [7, 11) is 1.58. The monoisotopic (exact) mass is 259 g/mol. The maximum Gasteiger partial charge on any atom is 0.263 e. The van der Waals surface area contributed by atoms with Gasteiger partial charge in [0.1, 0.15) is 17.4 Å². The number of amides is 1. The Morgan fingerprint density at radius 1 is 1.53 bits per heavy atom. The average molecular weight is 259 g/mol. The number of anilines is 1. The van der Waals surface area contributed by atoms with E-state index in [0.29, 0.717) is 12.3 Å². The van der Waals surface area contributed by atoms with Crippen molar-refractivity contribution < 1.29 is 9.53 Å². The van der Waals surface area contributed by atoms with Crippen molar-refractivity contribution in [2.45, 2.75) is 13.3 Å². The van der Waals surface area contributed by atoms with Crippen LogP contribution >= 0.6 is 0 Å². The van der Waals surface area contributed by atoms with E-state index in [9.17, 15) is 4.79 Å². The van der Waals surface area contributed by atoms with E-state index in [1.807, 2.05) is 31.2 Å². The van der Waals surface area contributed by atoms with E-state index in [2.05, 4.69) is 10.6 Å². The minimum absolute atomic E-state index is 0.0382. The van der Waals surface area contributed by atoms with Crippen LogP contribution in [0.2, 0.25) is 0 Å². The summed E-state index contributed by atoms with van der Waals surface area (Å²) in [5, 5.41) is 14.5. The zero-order valence-electron chi connectivity index (χ0n) is 11.1. The van der Waals surface area contributed by atoms with Gasteiger partial charge in [0.2, 0.25) is 0 Å². The highest BCUT2D eigenvalue weighted by Crippen LogP contribution is 2.16. The SMILES string of the molecule is CCCNC(=O)/C(C#N)=C\Nc1cccc(OC)c1. The molecule has 0 unspecified atom stereocenters. The Kier molecular flexibility index (Phi) is 5.96. The largest absolute Gasteiger partial charge is 0.497 e. The summed E-state index contributed by atoms with van der Waals surface area (Å²) in [6, 6.07) is 9.09. The minimum atomic E-state index is -0.375. The van der Waals surface area contributed by atoms with Gasteiger partial charge in [-0.2, -0.15) is 5.26 Å². The van der Waals surface area contributed by atoms with Gasteiger partial charge in [-0.1, -0.05) is 13.0 Å². The number of methoxy groups -OCH3 is 1. The van der Waals surface area contributed by atoms with E-state index in [1.54, 1.807) is 13.2 Å². The molecule has 0 saturated carbocycles. The molecule has 1 amide bonds. The number of carbonyl (C=O) groups excluding carboxylic acids is 1. The van der Waals surface area contributed by atoms with Gasteiger partial charge in [0, 0.05) is 24.5 Å². The van der Waals surface area contributed by atoms with E-state index in [4.69, 9.17) is 10.00 Å². The highest BCUT2D eigenvalue weighted by atomic mass is 16.5. The summed E-state index contributed by atoms with van der Waals surface area (Å²) in [5.41, 5.74) is 0.784. The van der Waals surface area contributed by atoms with Crippen molar-refractivity contribution in [1.82, 2.24) is 5.32 Å². The third-order valence-corrected chi connectivity index (χ3v) is 2.35. The fraction of sp³-hybridized carbons (Fsp3) is 0.286. The van der Waals surface area contributed by atoms with Gasteiger partial charge in [-0.15, -0.1) is 0 Å². The van der Waals surface area contributed by atoms with Crippen LogP contribution in [0.4, 0.5) is 5.69 Å². The summed E-state index contributed by atoms with van der Waals surface area (Å²) in [6.45, 7) is 2.50. The van der Waals surface area contributed by atoms with Crippen LogP contribution in [0.15, 0.2) is 36.0 Å². The molecule has 0 aliphatic heterocycles. The highest BCUT2D eigenvalue weighted by molar-refractivity contribution is 5.97. The third-order valence-electron chi connectivity index (χ3n) is 2.35. The zero-order valence-corrected chi connectivity index (χ0v) is 11.1. The molecule has 1 aromatic carbocycles. The summed E-state index contributed by atoms with van der Waals surface area (Å²) >= 11 is 0. The molecule has 100 valence electrons. The van der Waals surface area contributed by atoms with Gasteiger partial charge in [0.15, 0.2) is 0 Å². The van der Waals surface area contributed by atoms with Crippen LogP contribution in [-0.4, -0.2) is 19.6 Å². The molecule has 0 fully saturated rings. The number of ether oxygens (including phenoxy) is 1. The maximum absolute atomic E-state index is 11.6. The minimum Gasteiger partial charge on any atom is -0.497 e. The maximum atomic E-state index is 11.6. The number of hydrogen-bond acceptors (Lipinski definition) is 4. The molecular formula is C14H17N3O2. The van der Waals surface area contributed by atoms with Crippen molar-refractivity contribution in [1.29, 1.82) is 5.26 Å². The first kappa shape index (κ1) is 14.6. The molecule has 0 aromatic heterocycles. The van der Waals surface area contributed by atoms with Crippen LogP contribution in [-0.2, 0) is 4.79 Å². The van der Waals surface area contributed by atoms with E-state index < -0.39 is 0 Å². The van der Waals surface area contributed by atoms with Gasteiger partial charge in [-0.25, -0.2) is 0 Å². The molecule has 0 aliphatic rings. The Bertz CT molecular complexity index is 504. The number of rotatable bonds is 6. The van der Waals surface area contributed by atoms with Gasteiger partial charge >= 0.3 is 0 Å². The Balaban J connectivity index is 2.71. The zero-order chi connectivity index (χ0) is 14.1. The molecule has 0 bridgehead atoms. The lowest BCUT2D eigenvalue weighted by atomic mass is 10.2. The van der Waals surface area contributed by atoms with Gasteiger partial charge in [-0.05, 0) is 18.6 Å². The second-order valence-corrected chi connectivity index (χ2v) is 3.80. The molecule has 0 aliphatic carbocycles. The third kappa shape index (κ3) is 4.72. The van der Waals surface area contributed by atoms with Gasteiger partial charge in [0.25, 0.3) is 5.91 Å². The Morgan fingerprint density at radius 2 is 2.32 bits per heavy atom. The van der Waals surface area contributed by atoms with Crippen LogP contribution in [0.25, 0.3) is 0 Å². The lowest BCUT2D eigenvalue weighted by Gasteiger charge is -2.05. The molecule has 1 rings (SSSR count). The van der Waals surface area contributed by atoms with Gasteiger partial charge in [0.05, 0.1) is 7.11 Å². The Labute approximate surface area is 112 Å². The molecule has 19 heavy (non-hydrogen) atoms. The van der Waals surface area contributed by atoms with Gasteiger partial charge in [-0.3, -0.25) is 4.79 Å². The molecule has 0 radical (unpaired) electrons. The summed E-state index contributed by atoms with van der Waals surface area (Å²) in [6.07, 6.45) is 2.22. The van der Waals surface area contributed by atoms with E-state index in [-0.39, 0.29) is 11.5 Å². The first-order chi connectivity index (χ1) is 9.21. The fourth-order valence-electron chi connectivity index (χ4n) is 1.35. The summed E-state index contributed by atoms with van der Waals surface area (Å²) in [5.74, 6) is 0.326. The first-order valence-electron chi connectivity index (χ1n) is 6.00. The molecular weight excluding hydrogens is 242 g/mol. The highest BCUT2D eigenvalue weighted by Gasteiger charge is 2.07. The predicted molar refractivity (Wildman–Crippen MR) is 73.6 cm³/mol. The fourth-order valence-corrected chi connectivity index (χ4v) is 1.35. The van der Waals surface area contributed by atoms with Crippen LogP contribution in [0.3, 0.4) is 0 Å². The van der Waals surface area contributed by atoms with Crippen molar-refractivity contribution in [3.05, 3.63) is 36.0 Å². The molecule has 0 spiro atoms. The molecule has 5 nitrogen and oxygen atoms in total. The molecule has 2 N–H and O–H groups in total. The van der Waals surface area contributed by atoms with Gasteiger partial charge < -0.3 is 15.4 Å². The quantitative estimate of drug-likeness (QED) is 0.605. The normalized spacial score (nSPS) is 10.5. The molecule has 1 aromatic rings. The average Bonchev–Trinajstić information content (AvgIpc) is 2.45. The number of carbonyl (C=O) groups is 1. The van der Waals surface area contributed by atoms with Crippen molar-refractivity contribution in [2.24, 2.45) is 0 Å². The number of nitrogens with one attached hydrogen (secondary N) is 2. The summed E-state index contributed by atoms with van der Waals surface area (Å²) < 4.78 is 5.08. The lowest BCUT2D eigenvalue weighted by molar-refractivity contribution is -0.117. The van der Waals surface area contributed by atoms with E-state index >= 15 is 0 Å². The molecule has 0 atom stereocenters.